The van der Waals surface area contributed by atoms with Crippen LogP contribution < -0.4 is 16.4 Å². The Hall–Kier alpha value is -0.770. The molecule has 0 aromatic rings. The molecule has 8 heteroatoms. The zero-order valence-electron chi connectivity index (χ0n) is 15.4. The van der Waals surface area contributed by atoms with Gasteiger partial charge in [0.15, 0.2) is 6.29 Å². The molecule has 0 aliphatic carbocycles. The summed E-state index contributed by atoms with van der Waals surface area (Å²) in [5.41, 5.74) is 5.44. The van der Waals surface area contributed by atoms with Gasteiger partial charge in [-0.25, -0.2) is 0 Å². The van der Waals surface area contributed by atoms with E-state index in [1.807, 2.05) is 6.92 Å². The quantitative estimate of drug-likeness (QED) is 0.292. The van der Waals surface area contributed by atoms with Crippen LogP contribution in [0.25, 0.3) is 0 Å². The highest BCUT2D eigenvalue weighted by Crippen LogP contribution is 2.29. The highest BCUT2D eigenvalue weighted by molar-refractivity contribution is 5.81. The molecule has 1 amide bonds. The van der Waals surface area contributed by atoms with Gasteiger partial charge in [0.05, 0.1) is 6.10 Å². The fourth-order valence-electron chi connectivity index (χ4n) is 2.98. The number of carbonyl (C=O) groups excluding carboxylic acids is 1. The number of aliphatic hydroxyl groups is 2. The molecule has 148 valence electrons. The SMILES string of the molecule is CCOC1OC(C(=O)NCCCNCCCCN)C(CC)C(O)C1O. The standard InChI is InChI=1S/C17H35N3O5/c1-3-12-13(21)14(22)17(24-4-2)25-15(12)16(23)20-11-7-10-19-9-6-5-8-18/h12-15,17,19,21-22H,3-11,18H2,1-2H3,(H,20,23). The van der Waals surface area contributed by atoms with E-state index < -0.39 is 30.5 Å². The van der Waals surface area contributed by atoms with Crippen LogP contribution in [0.15, 0.2) is 0 Å². The number of nitrogens with one attached hydrogen (secondary N) is 2. The van der Waals surface area contributed by atoms with E-state index >= 15 is 0 Å². The Bertz CT molecular complexity index is 370. The van der Waals surface area contributed by atoms with Gasteiger partial charge in [-0.15, -0.1) is 0 Å². The first-order valence-corrected chi connectivity index (χ1v) is 9.38. The summed E-state index contributed by atoms with van der Waals surface area (Å²) in [6.45, 7) is 6.93. The zero-order valence-corrected chi connectivity index (χ0v) is 15.4. The van der Waals surface area contributed by atoms with Gasteiger partial charge in [-0.1, -0.05) is 6.92 Å². The summed E-state index contributed by atoms with van der Waals surface area (Å²) in [7, 11) is 0. The number of hydrogen-bond donors (Lipinski definition) is 5. The average Bonchev–Trinajstić information content (AvgIpc) is 2.61. The van der Waals surface area contributed by atoms with Gasteiger partial charge in [0.25, 0.3) is 0 Å². The zero-order chi connectivity index (χ0) is 18.7. The lowest BCUT2D eigenvalue weighted by Gasteiger charge is -2.41. The van der Waals surface area contributed by atoms with E-state index in [0.717, 1.165) is 32.4 Å². The second-order valence-corrected chi connectivity index (χ2v) is 6.32. The Kier molecular flexibility index (Phi) is 11.2. The predicted molar refractivity (Wildman–Crippen MR) is 94.9 cm³/mol. The van der Waals surface area contributed by atoms with Gasteiger partial charge in [-0.2, -0.15) is 0 Å². The van der Waals surface area contributed by atoms with E-state index in [0.29, 0.717) is 26.1 Å². The first-order valence-electron chi connectivity index (χ1n) is 9.38. The highest BCUT2D eigenvalue weighted by Gasteiger charge is 2.46. The van der Waals surface area contributed by atoms with Crippen molar-refractivity contribution in [3.05, 3.63) is 0 Å². The normalized spacial score (nSPS) is 29.6. The van der Waals surface area contributed by atoms with E-state index in [4.69, 9.17) is 15.2 Å². The third-order valence-electron chi connectivity index (χ3n) is 4.44. The number of hydrogen-bond acceptors (Lipinski definition) is 7. The van der Waals surface area contributed by atoms with Crippen molar-refractivity contribution >= 4 is 5.91 Å². The lowest BCUT2D eigenvalue weighted by Crippen LogP contribution is -2.59. The molecule has 0 bridgehead atoms. The minimum absolute atomic E-state index is 0.273. The van der Waals surface area contributed by atoms with Crippen LogP contribution >= 0.6 is 0 Å². The van der Waals surface area contributed by atoms with Crippen molar-refractivity contribution in [1.29, 1.82) is 0 Å². The van der Waals surface area contributed by atoms with Crippen molar-refractivity contribution in [1.82, 2.24) is 10.6 Å². The van der Waals surface area contributed by atoms with Crippen LogP contribution in [0.1, 0.15) is 39.5 Å². The highest BCUT2D eigenvalue weighted by atomic mass is 16.7. The summed E-state index contributed by atoms with van der Waals surface area (Å²) in [5.74, 6) is -0.730. The third-order valence-corrected chi connectivity index (χ3v) is 4.44. The molecule has 0 aromatic heterocycles. The fraction of sp³-hybridized carbons (Fsp3) is 0.941. The van der Waals surface area contributed by atoms with Gasteiger partial charge in [-0.3, -0.25) is 4.79 Å². The number of aliphatic hydroxyl groups excluding tert-OH is 2. The summed E-state index contributed by atoms with van der Waals surface area (Å²) in [5, 5.41) is 26.5. The summed E-state index contributed by atoms with van der Waals surface area (Å²) in [6, 6.07) is 0. The number of unbranched alkanes of at least 4 members (excludes halogenated alkanes) is 1. The molecule has 1 aliphatic rings. The molecule has 1 fully saturated rings. The predicted octanol–water partition coefficient (Wildman–Crippen LogP) is -0.669. The van der Waals surface area contributed by atoms with E-state index in [1.54, 1.807) is 6.92 Å². The van der Waals surface area contributed by atoms with Crippen molar-refractivity contribution in [2.24, 2.45) is 11.7 Å². The van der Waals surface area contributed by atoms with Gasteiger partial charge >= 0.3 is 0 Å². The largest absolute Gasteiger partial charge is 0.390 e. The smallest absolute Gasteiger partial charge is 0.249 e. The van der Waals surface area contributed by atoms with Crippen molar-refractivity contribution in [3.63, 3.8) is 0 Å². The topological polar surface area (TPSA) is 126 Å². The van der Waals surface area contributed by atoms with Crippen LogP contribution in [-0.4, -0.2) is 73.5 Å². The molecule has 25 heavy (non-hydrogen) atoms. The van der Waals surface area contributed by atoms with Gasteiger partial charge in [0.1, 0.15) is 12.2 Å². The second kappa shape index (κ2) is 12.6. The molecule has 1 saturated heterocycles. The molecule has 0 aromatic carbocycles. The molecule has 8 nitrogen and oxygen atoms in total. The Morgan fingerprint density at radius 2 is 1.84 bits per heavy atom. The maximum Gasteiger partial charge on any atom is 0.249 e. The molecule has 0 radical (unpaired) electrons. The van der Waals surface area contributed by atoms with E-state index in [2.05, 4.69) is 10.6 Å². The molecule has 5 unspecified atom stereocenters. The Morgan fingerprint density at radius 1 is 1.12 bits per heavy atom. The minimum atomic E-state index is -1.15. The average molecular weight is 361 g/mol. The van der Waals surface area contributed by atoms with Crippen LogP contribution in [0.3, 0.4) is 0 Å². The molecule has 6 N–H and O–H groups in total. The van der Waals surface area contributed by atoms with Gasteiger partial charge < -0.3 is 36.1 Å². The van der Waals surface area contributed by atoms with Gasteiger partial charge in [0.2, 0.25) is 5.91 Å². The number of rotatable bonds is 12. The van der Waals surface area contributed by atoms with E-state index in [9.17, 15) is 15.0 Å². The monoisotopic (exact) mass is 361 g/mol. The van der Waals surface area contributed by atoms with Crippen molar-refractivity contribution < 1.29 is 24.5 Å². The lowest BCUT2D eigenvalue weighted by molar-refractivity contribution is -0.279. The number of nitrogens with two attached hydrogens (primary N) is 1. The molecule has 5 atom stereocenters. The molecular formula is C17H35N3O5. The number of carbonyl (C=O) groups is 1. The molecule has 1 rings (SSSR count). The third kappa shape index (κ3) is 7.16. The fourth-order valence-corrected chi connectivity index (χ4v) is 2.98. The maximum absolute atomic E-state index is 12.4. The lowest BCUT2D eigenvalue weighted by atomic mass is 9.86. The van der Waals surface area contributed by atoms with E-state index in [-0.39, 0.29) is 5.91 Å². The van der Waals surface area contributed by atoms with Crippen molar-refractivity contribution in [2.45, 2.75) is 64.1 Å². The number of amides is 1. The Morgan fingerprint density at radius 3 is 2.48 bits per heavy atom. The maximum atomic E-state index is 12.4. The first kappa shape index (κ1) is 22.3. The summed E-state index contributed by atoms with van der Waals surface area (Å²) >= 11 is 0. The summed E-state index contributed by atoms with van der Waals surface area (Å²) in [6.07, 6.45) is -0.607. The molecule has 1 heterocycles. The van der Waals surface area contributed by atoms with Gasteiger partial charge in [0, 0.05) is 19.1 Å². The van der Waals surface area contributed by atoms with Crippen molar-refractivity contribution in [2.75, 3.05) is 32.8 Å². The van der Waals surface area contributed by atoms with Crippen molar-refractivity contribution in [3.8, 4) is 0 Å². The second-order valence-electron chi connectivity index (χ2n) is 6.32. The number of ether oxygens (including phenoxy) is 2. The Balaban J connectivity index is 2.38. The minimum Gasteiger partial charge on any atom is -0.390 e. The summed E-state index contributed by atoms with van der Waals surface area (Å²) < 4.78 is 10.9. The summed E-state index contributed by atoms with van der Waals surface area (Å²) in [4.78, 5) is 12.4. The van der Waals surface area contributed by atoms with Crippen LogP contribution in [0.5, 0.6) is 0 Å². The van der Waals surface area contributed by atoms with Crippen LogP contribution in [0.2, 0.25) is 0 Å². The van der Waals surface area contributed by atoms with Crippen LogP contribution in [0.4, 0.5) is 0 Å². The van der Waals surface area contributed by atoms with Crippen LogP contribution in [-0.2, 0) is 14.3 Å². The van der Waals surface area contributed by atoms with E-state index in [1.165, 1.54) is 0 Å². The first-order chi connectivity index (χ1) is 12.1. The molecule has 0 saturated carbocycles. The van der Waals surface area contributed by atoms with Gasteiger partial charge in [-0.05, 0) is 52.2 Å². The molecule has 0 spiro atoms. The molecule has 1 aliphatic heterocycles. The van der Waals surface area contributed by atoms with Crippen LogP contribution in [0, 0.1) is 5.92 Å². The molecular weight excluding hydrogens is 326 g/mol. The Labute approximate surface area is 150 Å².